The van der Waals surface area contributed by atoms with Crippen molar-refractivity contribution in [2.45, 2.75) is 32.6 Å². The van der Waals surface area contributed by atoms with E-state index in [1.54, 1.807) is 0 Å². The lowest BCUT2D eigenvalue weighted by Gasteiger charge is -2.10. The molecule has 3 rings (SSSR count). The highest BCUT2D eigenvalue weighted by molar-refractivity contribution is 6.11. The van der Waals surface area contributed by atoms with Gasteiger partial charge in [0.2, 0.25) is 5.95 Å². The molecule has 5 heteroatoms. The van der Waals surface area contributed by atoms with Crippen LogP contribution in [0.4, 0.5) is 11.8 Å². The third-order valence-electron chi connectivity index (χ3n) is 3.99. The van der Waals surface area contributed by atoms with E-state index in [1.165, 1.54) is 30.3 Å². The first kappa shape index (κ1) is 13.7. The number of aromatic nitrogens is 3. The Labute approximate surface area is 124 Å². The fraction of sp³-hybridized carbons (Fsp3) is 0.375. The normalized spacial score (nSPS) is 11.5. The number of nitrogens with two attached hydrogens (primary N) is 2. The summed E-state index contributed by atoms with van der Waals surface area (Å²) in [7, 11) is 2.06. The molecule has 5 nitrogen and oxygen atoms in total. The molecule has 0 bridgehead atoms. The van der Waals surface area contributed by atoms with Gasteiger partial charge in [0.25, 0.3) is 0 Å². The van der Waals surface area contributed by atoms with Crippen LogP contribution in [0.15, 0.2) is 18.3 Å². The van der Waals surface area contributed by atoms with E-state index in [-0.39, 0.29) is 5.95 Å². The quantitative estimate of drug-likeness (QED) is 0.721. The molecule has 0 atom stereocenters. The van der Waals surface area contributed by atoms with Gasteiger partial charge in [0, 0.05) is 18.6 Å². The largest absolute Gasteiger partial charge is 0.383 e. The minimum atomic E-state index is 0.231. The van der Waals surface area contributed by atoms with E-state index >= 15 is 0 Å². The second-order valence-corrected chi connectivity index (χ2v) is 5.54. The summed E-state index contributed by atoms with van der Waals surface area (Å²) in [5.41, 5.74) is 15.2. The molecule has 1 aromatic carbocycles. The van der Waals surface area contributed by atoms with E-state index in [2.05, 4.69) is 46.8 Å². The summed E-state index contributed by atoms with van der Waals surface area (Å²) < 4.78 is 2.14. The zero-order chi connectivity index (χ0) is 15.0. The highest BCUT2D eigenvalue weighted by Gasteiger charge is 2.14. The number of nitrogens with zero attached hydrogens (tertiary/aromatic N) is 3. The lowest BCUT2D eigenvalue weighted by molar-refractivity contribution is 0.718. The van der Waals surface area contributed by atoms with Gasteiger partial charge in [-0.15, -0.1) is 0 Å². The smallest absolute Gasteiger partial charge is 0.222 e. The van der Waals surface area contributed by atoms with Crippen molar-refractivity contribution < 1.29 is 0 Å². The Morgan fingerprint density at radius 1 is 1.19 bits per heavy atom. The lowest BCUT2D eigenvalue weighted by atomic mass is 10.0. The molecule has 4 N–H and O–H groups in total. The van der Waals surface area contributed by atoms with E-state index in [0.717, 1.165) is 22.7 Å². The number of hydrogen-bond donors (Lipinski definition) is 2. The second kappa shape index (κ2) is 5.24. The number of fused-ring (bicyclic) bond motifs is 3. The summed E-state index contributed by atoms with van der Waals surface area (Å²) in [6.07, 6.45) is 6.73. The first-order valence-corrected chi connectivity index (χ1v) is 7.41. The summed E-state index contributed by atoms with van der Waals surface area (Å²) in [4.78, 5) is 8.46. The van der Waals surface area contributed by atoms with Gasteiger partial charge >= 0.3 is 0 Å². The third kappa shape index (κ3) is 2.28. The first-order chi connectivity index (χ1) is 10.1. The fourth-order valence-electron chi connectivity index (χ4n) is 3.02. The highest BCUT2D eigenvalue weighted by atomic mass is 15.0. The van der Waals surface area contributed by atoms with Crippen molar-refractivity contribution in [3.8, 4) is 0 Å². The summed E-state index contributed by atoms with van der Waals surface area (Å²) in [6.45, 7) is 2.22. The van der Waals surface area contributed by atoms with Crippen LogP contribution in [0.1, 0.15) is 31.7 Å². The van der Waals surface area contributed by atoms with Gasteiger partial charge in [-0.25, -0.2) is 4.98 Å². The van der Waals surface area contributed by atoms with Gasteiger partial charge in [0.1, 0.15) is 5.82 Å². The van der Waals surface area contributed by atoms with E-state index in [0.29, 0.717) is 5.82 Å². The zero-order valence-electron chi connectivity index (χ0n) is 12.6. The van der Waals surface area contributed by atoms with Gasteiger partial charge in [-0.1, -0.05) is 19.8 Å². The maximum atomic E-state index is 6.06. The molecular weight excluding hydrogens is 262 g/mol. The zero-order valence-corrected chi connectivity index (χ0v) is 12.6. The fourth-order valence-corrected chi connectivity index (χ4v) is 3.02. The highest BCUT2D eigenvalue weighted by Crippen LogP contribution is 2.32. The first-order valence-electron chi connectivity index (χ1n) is 7.41. The predicted octanol–water partition coefficient (Wildman–Crippen LogP) is 3.02. The Hall–Kier alpha value is -2.30. The number of anilines is 2. The van der Waals surface area contributed by atoms with Crippen LogP contribution in [0.2, 0.25) is 0 Å². The maximum absolute atomic E-state index is 6.06. The third-order valence-corrected chi connectivity index (χ3v) is 3.99. The summed E-state index contributed by atoms with van der Waals surface area (Å²) in [5.74, 6) is 0.684. The van der Waals surface area contributed by atoms with Crippen molar-refractivity contribution in [3.63, 3.8) is 0 Å². The van der Waals surface area contributed by atoms with E-state index in [9.17, 15) is 0 Å². The predicted molar refractivity (Wildman–Crippen MR) is 88.1 cm³/mol. The van der Waals surface area contributed by atoms with Crippen molar-refractivity contribution in [3.05, 3.63) is 23.9 Å². The Kier molecular flexibility index (Phi) is 3.41. The number of benzene rings is 1. The van der Waals surface area contributed by atoms with Crippen molar-refractivity contribution in [1.29, 1.82) is 0 Å². The van der Waals surface area contributed by atoms with E-state index < -0.39 is 0 Å². The molecule has 0 aliphatic rings. The number of aryl methyl sites for hydroxylation is 2. The molecule has 0 saturated carbocycles. The molecule has 0 radical (unpaired) electrons. The summed E-state index contributed by atoms with van der Waals surface area (Å²) in [5, 5.41) is 2.01. The topological polar surface area (TPSA) is 82.8 Å². The van der Waals surface area contributed by atoms with Crippen LogP contribution in [-0.2, 0) is 13.5 Å². The van der Waals surface area contributed by atoms with Crippen LogP contribution in [0.25, 0.3) is 21.8 Å². The van der Waals surface area contributed by atoms with Crippen LogP contribution in [0.5, 0.6) is 0 Å². The Morgan fingerprint density at radius 2 is 2.00 bits per heavy atom. The summed E-state index contributed by atoms with van der Waals surface area (Å²) in [6, 6.07) is 4.19. The van der Waals surface area contributed by atoms with Gasteiger partial charge < -0.3 is 16.0 Å². The molecular formula is C16H21N5. The van der Waals surface area contributed by atoms with Gasteiger partial charge in [-0.3, -0.25) is 0 Å². The number of hydrogen-bond acceptors (Lipinski definition) is 4. The molecule has 0 fully saturated rings. The monoisotopic (exact) mass is 283 g/mol. The van der Waals surface area contributed by atoms with Crippen molar-refractivity contribution in [1.82, 2.24) is 14.5 Å². The Morgan fingerprint density at radius 3 is 2.76 bits per heavy atom. The molecule has 110 valence electrons. The number of nitrogen functional groups attached to an aromatic ring is 2. The van der Waals surface area contributed by atoms with Crippen LogP contribution >= 0.6 is 0 Å². The Bertz CT molecular complexity index is 803. The number of unbranched alkanes of at least 4 members (excludes halogenated alkanes) is 2. The van der Waals surface area contributed by atoms with Gasteiger partial charge in [0.15, 0.2) is 0 Å². The average molecular weight is 283 g/mol. The van der Waals surface area contributed by atoms with E-state index in [4.69, 9.17) is 11.5 Å². The standard InChI is InChI=1S/C16H21N5/c1-3-4-5-6-10-9-12-13(15(17)20-16(18)19-12)11-7-8-21(2)14(10)11/h7-9H,3-6H2,1-2H3,(H4,17,18,19,20). The molecule has 21 heavy (non-hydrogen) atoms. The van der Waals surface area contributed by atoms with Crippen molar-refractivity contribution in [2.75, 3.05) is 11.5 Å². The van der Waals surface area contributed by atoms with Crippen molar-refractivity contribution in [2.24, 2.45) is 7.05 Å². The Balaban J connectivity index is 2.27. The molecule has 0 spiro atoms. The minimum Gasteiger partial charge on any atom is -0.383 e. The molecule has 0 unspecified atom stereocenters. The molecule has 2 heterocycles. The minimum absolute atomic E-state index is 0.231. The van der Waals surface area contributed by atoms with E-state index in [1.807, 2.05) is 0 Å². The van der Waals surface area contributed by atoms with Crippen LogP contribution in [-0.4, -0.2) is 14.5 Å². The molecule has 0 aliphatic carbocycles. The molecule has 0 amide bonds. The molecule has 0 saturated heterocycles. The van der Waals surface area contributed by atoms with Crippen LogP contribution < -0.4 is 11.5 Å². The molecule has 3 aromatic rings. The number of rotatable bonds is 4. The van der Waals surface area contributed by atoms with Crippen LogP contribution in [0, 0.1) is 0 Å². The molecule has 0 aliphatic heterocycles. The summed E-state index contributed by atoms with van der Waals surface area (Å²) >= 11 is 0. The maximum Gasteiger partial charge on any atom is 0.222 e. The van der Waals surface area contributed by atoms with Crippen LogP contribution in [0.3, 0.4) is 0 Å². The van der Waals surface area contributed by atoms with Crippen molar-refractivity contribution >= 4 is 33.6 Å². The van der Waals surface area contributed by atoms with Gasteiger partial charge in [-0.2, -0.15) is 4.98 Å². The van der Waals surface area contributed by atoms with Gasteiger partial charge in [-0.05, 0) is 30.5 Å². The van der Waals surface area contributed by atoms with Gasteiger partial charge in [0.05, 0.1) is 16.4 Å². The lowest BCUT2D eigenvalue weighted by Crippen LogP contribution is -2.02. The molecule has 2 aromatic heterocycles. The average Bonchev–Trinajstić information content (AvgIpc) is 2.80. The second-order valence-electron chi connectivity index (χ2n) is 5.54. The SMILES string of the molecule is CCCCCc1cc2nc(N)nc(N)c2c2ccn(C)c12.